The van der Waals surface area contributed by atoms with E-state index >= 15 is 0 Å². The van der Waals surface area contributed by atoms with Gasteiger partial charge in [0.05, 0.1) is 11.8 Å². The van der Waals surface area contributed by atoms with Crippen LogP contribution in [0.4, 0.5) is 0 Å². The molecule has 0 aliphatic carbocycles. The normalized spacial score (nSPS) is 21.2. The van der Waals surface area contributed by atoms with Crippen LogP contribution in [0.5, 0.6) is 0 Å². The number of hydrogen-bond donors (Lipinski definition) is 0. The summed E-state index contributed by atoms with van der Waals surface area (Å²) in [6.07, 6.45) is 10.8. The van der Waals surface area contributed by atoms with Gasteiger partial charge in [0.25, 0.3) is 0 Å². The molecule has 138 valence electrons. The third kappa shape index (κ3) is 3.32. The number of aliphatic imine (C=N–C) groups is 1. The summed E-state index contributed by atoms with van der Waals surface area (Å²) in [6.45, 7) is 3.05. The molecule has 1 unspecified atom stereocenters. The van der Waals surface area contributed by atoms with Gasteiger partial charge in [-0.25, -0.2) is 15.0 Å². The van der Waals surface area contributed by atoms with E-state index in [-0.39, 0.29) is 6.10 Å². The van der Waals surface area contributed by atoms with Crippen LogP contribution < -0.4 is 0 Å². The Morgan fingerprint density at radius 2 is 2.11 bits per heavy atom. The Balaban J connectivity index is 1.39. The van der Waals surface area contributed by atoms with Crippen molar-refractivity contribution >= 4 is 11.6 Å². The van der Waals surface area contributed by atoms with Gasteiger partial charge in [-0.1, -0.05) is 18.2 Å². The first-order valence-electron chi connectivity index (χ1n) is 9.51. The Morgan fingerprint density at radius 1 is 1.19 bits per heavy atom. The molecule has 1 atom stereocenters. The molecule has 0 spiro atoms. The van der Waals surface area contributed by atoms with Crippen LogP contribution in [0.1, 0.15) is 24.0 Å². The van der Waals surface area contributed by atoms with E-state index in [1.54, 1.807) is 6.33 Å². The van der Waals surface area contributed by atoms with Crippen LogP contribution in [0.2, 0.25) is 0 Å². The van der Waals surface area contributed by atoms with Crippen molar-refractivity contribution in [2.45, 2.75) is 25.4 Å². The Hall–Kier alpha value is -2.73. The number of aromatic nitrogens is 2. The molecule has 1 saturated heterocycles. The summed E-state index contributed by atoms with van der Waals surface area (Å²) in [5.74, 6) is 0.713. The molecule has 27 heavy (non-hydrogen) atoms. The molecule has 6 heteroatoms. The van der Waals surface area contributed by atoms with E-state index in [0.717, 1.165) is 43.5 Å². The summed E-state index contributed by atoms with van der Waals surface area (Å²) in [5, 5.41) is 0. The van der Waals surface area contributed by atoms with Gasteiger partial charge < -0.3 is 14.4 Å². The smallest absolute Gasteiger partial charge is 0.212 e. The van der Waals surface area contributed by atoms with Gasteiger partial charge in [-0.2, -0.15) is 0 Å². The Labute approximate surface area is 158 Å². The Morgan fingerprint density at radius 3 is 2.96 bits per heavy atom. The third-order valence-corrected chi connectivity index (χ3v) is 5.37. The lowest BCUT2D eigenvalue weighted by atomic mass is 9.92. The number of nitrogens with zero attached hydrogens (tertiary/aromatic N) is 4. The summed E-state index contributed by atoms with van der Waals surface area (Å²) in [4.78, 5) is 15.2. The van der Waals surface area contributed by atoms with Crippen molar-refractivity contribution in [2.24, 2.45) is 4.99 Å². The second-order valence-corrected chi connectivity index (χ2v) is 7.13. The highest BCUT2D eigenvalue weighted by molar-refractivity contribution is 5.97. The standard InChI is InChI=1S/C21H22N4O2/c1-2-18(26-7-1)12-27-21-9-20-19-4-3-15(17-10-22-13-23-11-17)8-16(19)5-6-25(20)14-24-21/h3-4,8-11,13,18H,1-2,5-7,12,14H2. The number of hydrogen-bond acceptors (Lipinski definition) is 6. The van der Waals surface area contributed by atoms with Crippen molar-refractivity contribution < 1.29 is 9.47 Å². The summed E-state index contributed by atoms with van der Waals surface area (Å²) in [6, 6.07) is 6.59. The monoisotopic (exact) mass is 362 g/mol. The van der Waals surface area contributed by atoms with Crippen LogP contribution in [0.15, 0.2) is 48.0 Å². The third-order valence-electron chi connectivity index (χ3n) is 5.37. The van der Waals surface area contributed by atoms with Gasteiger partial charge in [-0.05, 0) is 30.4 Å². The maximum atomic E-state index is 5.93. The van der Waals surface area contributed by atoms with E-state index in [0.29, 0.717) is 19.2 Å². The van der Waals surface area contributed by atoms with Gasteiger partial charge in [-0.15, -0.1) is 0 Å². The largest absolute Gasteiger partial charge is 0.475 e. The number of ether oxygens (including phenoxy) is 2. The van der Waals surface area contributed by atoms with Gasteiger partial charge in [0.1, 0.15) is 19.6 Å². The number of benzene rings is 1. The molecule has 3 aliphatic rings. The van der Waals surface area contributed by atoms with E-state index in [1.807, 2.05) is 12.4 Å². The minimum absolute atomic E-state index is 0.207. The molecular formula is C21H22N4O2. The van der Waals surface area contributed by atoms with Crippen LogP contribution >= 0.6 is 0 Å². The fraction of sp³-hybridized carbons (Fsp3) is 0.381. The fourth-order valence-corrected chi connectivity index (χ4v) is 3.90. The topological polar surface area (TPSA) is 59.8 Å². The summed E-state index contributed by atoms with van der Waals surface area (Å²) in [5.41, 5.74) is 6.00. The number of rotatable bonds is 3. The van der Waals surface area contributed by atoms with Crippen LogP contribution in [0, 0.1) is 0 Å². The fourth-order valence-electron chi connectivity index (χ4n) is 3.90. The molecule has 0 N–H and O–H groups in total. The van der Waals surface area contributed by atoms with E-state index in [2.05, 4.69) is 44.1 Å². The summed E-state index contributed by atoms with van der Waals surface area (Å²) < 4.78 is 11.6. The quantitative estimate of drug-likeness (QED) is 0.840. The van der Waals surface area contributed by atoms with Crippen molar-refractivity contribution in [3.05, 3.63) is 54.1 Å². The summed E-state index contributed by atoms with van der Waals surface area (Å²) >= 11 is 0. The van der Waals surface area contributed by atoms with Crippen molar-refractivity contribution in [2.75, 3.05) is 26.4 Å². The molecule has 3 aliphatic heterocycles. The lowest BCUT2D eigenvalue weighted by Gasteiger charge is -2.34. The zero-order valence-corrected chi connectivity index (χ0v) is 15.2. The summed E-state index contributed by atoms with van der Waals surface area (Å²) in [7, 11) is 0. The molecule has 1 fully saturated rings. The van der Waals surface area contributed by atoms with Crippen LogP contribution in [0.25, 0.3) is 16.8 Å². The van der Waals surface area contributed by atoms with Crippen LogP contribution in [-0.4, -0.2) is 53.3 Å². The molecule has 1 aromatic carbocycles. The van der Waals surface area contributed by atoms with Crippen molar-refractivity contribution in [3.63, 3.8) is 0 Å². The first-order valence-corrected chi connectivity index (χ1v) is 9.51. The van der Waals surface area contributed by atoms with Crippen molar-refractivity contribution in [1.82, 2.24) is 14.9 Å². The molecule has 0 saturated carbocycles. The highest BCUT2D eigenvalue weighted by Crippen LogP contribution is 2.33. The minimum Gasteiger partial charge on any atom is -0.475 e. The molecule has 2 aromatic rings. The highest BCUT2D eigenvalue weighted by Gasteiger charge is 2.25. The zero-order valence-electron chi connectivity index (χ0n) is 15.2. The van der Waals surface area contributed by atoms with Gasteiger partial charge in [0, 0.05) is 42.7 Å². The lowest BCUT2D eigenvalue weighted by molar-refractivity contribution is 0.0639. The first-order chi connectivity index (χ1) is 13.4. The van der Waals surface area contributed by atoms with Crippen molar-refractivity contribution in [1.29, 1.82) is 0 Å². The maximum absolute atomic E-state index is 5.93. The van der Waals surface area contributed by atoms with Gasteiger partial charge in [-0.3, -0.25) is 0 Å². The molecule has 5 rings (SSSR count). The first kappa shape index (κ1) is 16.4. The predicted octanol–water partition coefficient (Wildman–Crippen LogP) is 2.91. The average Bonchev–Trinajstić information content (AvgIpc) is 3.26. The molecule has 1 aromatic heterocycles. The maximum Gasteiger partial charge on any atom is 0.212 e. The van der Waals surface area contributed by atoms with E-state index in [1.165, 1.54) is 16.8 Å². The van der Waals surface area contributed by atoms with Gasteiger partial charge in [0.2, 0.25) is 5.90 Å². The zero-order chi connectivity index (χ0) is 18.1. The van der Waals surface area contributed by atoms with Crippen molar-refractivity contribution in [3.8, 4) is 11.1 Å². The highest BCUT2D eigenvalue weighted by atomic mass is 16.5. The second-order valence-electron chi connectivity index (χ2n) is 7.13. The lowest BCUT2D eigenvalue weighted by Crippen LogP contribution is -2.33. The van der Waals surface area contributed by atoms with Gasteiger partial charge in [0.15, 0.2) is 0 Å². The van der Waals surface area contributed by atoms with Gasteiger partial charge >= 0.3 is 0 Å². The second kappa shape index (κ2) is 7.12. The van der Waals surface area contributed by atoms with Crippen LogP contribution in [0.3, 0.4) is 0 Å². The average molecular weight is 362 g/mol. The minimum atomic E-state index is 0.207. The predicted molar refractivity (Wildman–Crippen MR) is 103 cm³/mol. The molecular weight excluding hydrogens is 340 g/mol. The van der Waals surface area contributed by atoms with E-state index in [4.69, 9.17) is 9.47 Å². The number of fused-ring (bicyclic) bond motifs is 3. The Bertz CT molecular complexity index is 888. The molecule has 0 amide bonds. The molecule has 0 radical (unpaired) electrons. The molecule has 6 nitrogen and oxygen atoms in total. The Kier molecular flexibility index (Phi) is 4.33. The van der Waals surface area contributed by atoms with E-state index in [9.17, 15) is 0 Å². The molecule has 0 bridgehead atoms. The van der Waals surface area contributed by atoms with E-state index < -0.39 is 0 Å². The SMILES string of the molecule is C1=C2c3ccc(-c4cncnc4)cc3CCN2CN=C1OCC1CCCO1. The molecule has 4 heterocycles. The van der Waals surface area contributed by atoms with Crippen LogP contribution in [-0.2, 0) is 15.9 Å².